The summed E-state index contributed by atoms with van der Waals surface area (Å²) in [6.45, 7) is 26.4. The smallest absolute Gasteiger partial charge is 0.234 e. The van der Waals surface area contributed by atoms with Crippen LogP contribution in [0.15, 0.2) is 28.4 Å². The van der Waals surface area contributed by atoms with E-state index in [9.17, 15) is 0 Å². The zero-order valence-electron chi connectivity index (χ0n) is 24.6. The molecule has 2 aromatic rings. The van der Waals surface area contributed by atoms with Crippen molar-refractivity contribution in [1.29, 1.82) is 0 Å². The minimum atomic E-state index is 0.0217. The van der Waals surface area contributed by atoms with Crippen LogP contribution in [0.4, 0.5) is 27.1 Å². The Morgan fingerprint density at radius 2 is 1.49 bits per heavy atom. The Hall–Kier alpha value is -2.90. The van der Waals surface area contributed by atoms with Gasteiger partial charge in [0.15, 0.2) is 0 Å². The van der Waals surface area contributed by atoms with E-state index in [-0.39, 0.29) is 6.61 Å². The van der Waals surface area contributed by atoms with Gasteiger partial charge in [-0.2, -0.15) is 10.2 Å². The third-order valence-corrected chi connectivity index (χ3v) is 7.28. The first-order valence-electron chi connectivity index (χ1n) is 14.1. The lowest BCUT2D eigenvalue weighted by atomic mass is 10.1. The summed E-state index contributed by atoms with van der Waals surface area (Å²) in [5, 5.41) is 18.3. The van der Waals surface area contributed by atoms with E-state index in [1.165, 1.54) is 30.6 Å². The van der Waals surface area contributed by atoms with Crippen molar-refractivity contribution in [2.45, 2.75) is 46.5 Å². The highest BCUT2D eigenvalue weighted by Gasteiger charge is 2.15. The van der Waals surface area contributed by atoms with Crippen LogP contribution in [-0.2, 0) is 18.9 Å². The number of aliphatic hydroxyl groups excluding tert-OH is 1. The molecule has 0 aliphatic carbocycles. The average Bonchev–Trinajstić information content (AvgIpc) is 3.29. The van der Waals surface area contributed by atoms with Crippen molar-refractivity contribution < 1.29 is 24.1 Å². The third-order valence-electron chi connectivity index (χ3n) is 6.22. The van der Waals surface area contributed by atoms with E-state index in [0.29, 0.717) is 74.1 Å². The number of azo groups is 1. The standard InChI is InChI=1S/C30H43N5O5S/c1-6-7-8-9-12-35(13-15-37-17-19-39-21-22-40-20-18-38-16-14-36)26-10-11-27(24(2)23-26)33-34-30-28(31-4)25(3)29(32-5)41-30/h10-11,23,36H,6-9,12-22H2,1-3H3. The lowest BCUT2D eigenvalue weighted by Crippen LogP contribution is -2.29. The monoisotopic (exact) mass is 585 g/mol. The van der Waals surface area contributed by atoms with Gasteiger partial charge < -0.3 is 29.0 Å². The van der Waals surface area contributed by atoms with E-state index >= 15 is 0 Å². The van der Waals surface area contributed by atoms with Crippen LogP contribution in [0.25, 0.3) is 9.69 Å². The summed E-state index contributed by atoms with van der Waals surface area (Å²) in [5.74, 6) is 0. The Bertz CT molecular complexity index is 1140. The highest BCUT2D eigenvalue weighted by Crippen LogP contribution is 2.47. The highest BCUT2D eigenvalue weighted by molar-refractivity contribution is 7.20. The number of hydrogen-bond acceptors (Lipinski definition) is 9. The minimum Gasteiger partial charge on any atom is -0.394 e. The highest BCUT2D eigenvalue weighted by atomic mass is 32.1. The van der Waals surface area contributed by atoms with Gasteiger partial charge in [0.2, 0.25) is 10.7 Å². The van der Waals surface area contributed by atoms with Gasteiger partial charge in [-0.1, -0.05) is 33.1 Å². The number of rotatable bonds is 22. The molecule has 0 amide bonds. The van der Waals surface area contributed by atoms with Crippen molar-refractivity contribution in [3.63, 3.8) is 0 Å². The molecule has 0 aliphatic heterocycles. The maximum atomic E-state index is 8.65. The Morgan fingerprint density at radius 3 is 2.07 bits per heavy atom. The van der Waals surface area contributed by atoms with Gasteiger partial charge in [0.1, 0.15) is 5.00 Å². The number of anilines is 1. The maximum absolute atomic E-state index is 8.65. The predicted octanol–water partition coefficient (Wildman–Crippen LogP) is 7.33. The molecule has 41 heavy (non-hydrogen) atoms. The maximum Gasteiger partial charge on any atom is 0.234 e. The molecular formula is C30H43N5O5S. The van der Waals surface area contributed by atoms with Crippen LogP contribution in [0.1, 0.15) is 43.7 Å². The van der Waals surface area contributed by atoms with E-state index in [1.807, 2.05) is 13.0 Å². The number of unbranched alkanes of at least 4 members (excludes halogenated alkanes) is 3. The van der Waals surface area contributed by atoms with Gasteiger partial charge in [0.25, 0.3) is 0 Å². The molecule has 224 valence electrons. The van der Waals surface area contributed by atoms with Crippen LogP contribution in [-0.4, -0.2) is 77.7 Å². The molecule has 0 spiro atoms. The van der Waals surface area contributed by atoms with Crippen LogP contribution < -0.4 is 4.90 Å². The fourth-order valence-electron chi connectivity index (χ4n) is 3.93. The van der Waals surface area contributed by atoms with Gasteiger partial charge in [-0.25, -0.2) is 9.69 Å². The van der Waals surface area contributed by atoms with Crippen LogP contribution in [0.3, 0.4) is 0 Å². The van der Waals surface area contributed by atoms with Crippen molar-refractivity contribution in [1.82, 2.24) is 0 Å². The van der Waals surface area contributed by atoms with E-state index in [2.05, 4.69) is 43.9 Å². The Balaban J connectivity index is 1.86. The lowest BCUT2D eigenvalue weighted by molar-refractivity contribution is -0.00489. The molecule has 1 N–H and O–H groups in total. The molecule has 2 rings (SSSR count). The first kappa shape index (κ1) is 34.3. The number of aryl methyl sites for hydroxylation is 1. The predicted molar refractivity (Wildman–Crippen MR) is 164 cm³/mol. The van der Waals surface area contributed by atoms with E-state index in [1.54, 1.807) is 6.92 Å². The molecule has 0 bridgehead atoms. The number of thiophene rings is 1. The molecule has 0 aliphatic rings. The molecular weight excluding hydrogens is 542 g/mol. The summed E-state index contributed by atoms with van der Waals surface area (Å²) < 4.78 is 21.9. The lowest BCUT2D eigenvalue weighted by Gasteiger charge is -2.25. The largest absolute Gasteiger partial charge is 0.394 e. The minimum absolute atomic E-state index is 0.0217. The molecule has 0 radical (unpaired) electrons. The first-order valence-corrected chi connectivity index (χ1v) is 14.9. The van der Waals surface area contributed by atoms with Gasteiger partial charge in [0, 0.05) is 18.8 Å². The molecule has 11 heteroatoms. The molecule has 1 aromatic carbocycles. The van der Waals surface area contributed by atoms with Gasteiger partial charge in [-0.3, -0.25) is 0 Å². The number of benzene rings is 1. The SMILES string of the molecule is [C-]#[N+]c1sc(N=Nc2ccc(N(CCCCCC)CCOCCOCCOCCOCCO)cc2C)c([N+]#[C-])c1C. The molecule has 0 fully saturated rings. The quantitative estimate of drug-likeness (QED) is 0.0884. The second-order valence-electron chi connectivity index (χ2n) is 9.30. The normalized spacial score (nSPS) is 11.2. The van der Waals surface area contributed by atoms with Gasteiger partial charge in [-0.15, -0.1) is 11.3 Å². The molecule has 0 saturated carbocycles. The number of aliphatic hydroxyl groups is 1. The second kappa shape index (κ2) is 20.9. The zero-order chi connectivity index (χ0) is 29.7. The second-order valence-corrected chi connectivity index (χ2v) is 10.3. The number of hydrogen-bond donors (Lipinski definition) is 1. The Morgan fingerprint density at radius 1 is 0.829 bits per heavy atom. The van der Waals surface area contributed by atoms with E-state index < -0.39 is 0 Å². The summed E-state index contributed by atoms with van der Waals surface area (Å²) in [6.07, 6.45) is 4.73. The fourth-order valence-corrected chi connectivity index (χ4v) is 4.79. The average molecular weight is 586 g/mol. The van der Waals surface area contributed by atoms with E-state index in [4.69, 9.17) is 37.2 Å². The summed E-state index contributed by atoms with van der Waals surface area (Å²) in [6, 6.07) is 6.13. The number of nitrogens with zero attached hydrogens (tertiary/aromatic N) is 5. The van der Waals surface area contributed by atoms with Crippen molar-refractivity contribution in [3.05, 3.63) is 52.2 Å². The van der Waals surface area contributed by atoms with Crippen LogP contribution >= 0.6 is 11.3 Å². The molecule has 0 saturated heterocycles. The molecule has 0 atom stereocenters. The fraction of sp³-hybridized carbons (Fsp3) is 0.600. The van der Waals surface area contributed by atoms with Gasteiger partial charge >= 0.3 is 0 Å². The van der Waals surface area contributed by atoms with E-state index in [0.717, 1.165) is 36.4 Å². The molecule has 1 aromatic heterocycles. The topological polar surface area (TPSA) is 93.8 Å². The van der Waals surface area contributed by atoms with Crippen molar-refractivity contribution in [2.75, 3.05) is 77.5 Å². The molecule has 10 nitrogen and oxygen atoms in total. The third kappa shape index (κ3) is 12.7. The van der Waals surface area contributed by atoms with Crippen molar-refractivity contribution in [2.24, 2.45) is 10.2 Å². The Kier molecular flexibility index (Phi) is 17.5. The van der Waals surface area contributed by atoms with Gasteiger partial charge in [0.05, 0.1) is 78.3 Å². The van der Waals surface area contributed by atoms with Crippen LogP contribution in [0.2, 0.25) is 0 Å². The van der Waals surface area contributed by atoms with Crippen LogP contribution in [0, 0.1) is 27.0 Å². The number of ether oxygens (including phenoxy) is 4. The summed E-state index contributed by atoms with van der Waals surface area (Å²) in [7, 11) is 0. The zero-order valence-corrected chi connectivity index (χ0v) is 25.4. The molecule has 0 unspecified atom stereocenters. The molecule has 1 heterocycles. The van der Waals surface area contributed by atoms with Gasteiger partial charge in [-0.05, 0) is 42.7 Å². The Labute approximate surface area is 248 Å². The summed E-state index contributed by atoms with van der Waals surface area (Å²) in [4.78, 5) is 9.39. The summed E-state index contributed by atoms with van der Waals surface area (Å²) in [5.41, 5.74) is 3.91. The first-order chi connectivity index (χ1) is 20.0. The van der Waals surface area contributed by atoms with Crippen molar-refractivity contribution in [3.8, 4) is 0 Å². The van der Waals surface area contributed by atoms with Crippen LogP contribution in [0.5, 0.6) is 0 Å². The summed E-state index contributed by atoms with van der Waals surface area (Å²) >= 11 is 1.20. The van der Waals surface area contributed by atoms with Crippen molar-refractivity contribution >= 4 is 38.4 Å².